The van der Waals surface area contributed by atoms with Crippen molar-refractivity contribution in [2.24, 2.45) is 5.92 Å². The van der Waals surface area contributed by atoms with Crippen molar-refractivity contribution in [1.82, 2.24) is 15.1 Å². The van der Waals surface area contributed by atoms with Crippen molar-refractivity contribution in [3.8, 4) is 0 Å². The van der Waals surface area contributed by atoms with Crippen LogP contribution in [0, 0.1) is 5.92 Å². The summed E-state index contributed by atoms with van der Waals surface area (Å²) in [7, 11) is 0. The fourth-order valence-corrected chi connectivity index (χ4v) is 2.53. The number of amides is 1. The van der Waals surface area contributed by atoms with Crippen LogP contribution >= 0.6 is 0 Å². The molecule has 1 amide bonds. The Kier molecular flexibility index (Phi) is 4.35. The molecule has 20 heavy (non-hydrogen) atoms. The Morgan fingerprint density at radius 1 is 1.45 bits per heavy atom. The van der Waals surface area contributed by atoms with Crippen molar-refractivity contribution < 1.29 is 18.0 Å². The second-order valence-electron chi connectivity index (χ2n) is 5.33. The van der Waals surface area contributed by atoms with Gasteiger partial charge in [0.2, 0.25) is 5.91 Å². The molecule has 4 nitrogen and oxygen atoms in total. The third-order valence-corrected chi connectivity index (χ3v) is 3.69. The first-order valence-electron chi connectivity index (χ1n) is 6.76. The van der Waals surface area contributed by atoms with Gasteiger partial charge < -0.3 is 5.32 Å². The maximum atomic E-state index is 12.4. The van der Waals surface area contributed by atoms with E-state index in [-0.39, 0.29) is 18.5 Å². The van der Waals surface area contributed by atoms with Gasteiger partial charge in [-0.05, 0) is 24.8 Å². The summed E-state index contributed by atoms with van der Waals surface area (Å²) in [6.45, 7) is 1.90. The van der Waals surface area contributed by atoms with Crippen molar-refractivity contribution in [1.29, 1.82) is 0 Å². The van der Waals surface area contributed by atoms with Crippen LogP contribution in [-0.4, -0.2) is 21.7 Å². The van der Waals surface area contributed by atoms with E-state index in [9.17, 15) is 18.0 Å². The largest absolute Gasteiger partial charge is 0.435 e. The highest BCUT2D eigenvalue weighted by atomic mass is 19.4. The molecule has 0 aliphatic heterocycles. The number of hydrogen-bond donors (Lipinski definition) is 1. The Bertz CT molecular complexity index is 470. The summed E-state index contributed by atoms with van der Waals surface area (Å²) in [6.07, 6.45) is 0.952. The minimum absolute atomic E-state index is 0.119. The van der Waals surface area contributed by atoms with Gasteiger partial charge in [0.15, 0.2) is 5.69 Å². The van der Waals surface area contributed by atoms with Crippen LogP contribution in [-0.2, 0) is 17.5 Å². The van der Waals surface area contributed by atoms with Gasteiger partial charge in [0.1, 0.15) is 6.54 Å². The van der Waals surface area contributed by atoms with Crippen LogP contribution in [0.15, 0.2) is 12.3 Å². The molecule has 1 heterocycles. The van der Waals surface area contributed by atoms with Crippen molar-refractivity contribution in [2.75, 3.05) is 0 Å². The molecular weight excluding hydrogens is 271 g/mol. The molecule has 112 valence electrons. The van der Waals surface area contributed by atoms with Gasteiger partial charge in [0.25, 0.3) is 0 Å². The van der Waals surface area contributed by atoms with E-state index in [4.69, 9.17) is 0 Å². The maximum absolute atomic E-state index is 12.4. The highest BCUT2D eigenvalue weighted by Crippen LogP contribution is 2.27. The van der Waals surface area contributed by atoms with Gasteiger partial charge >= 0.3 is 6.18 Å². The Morgan fingerprint density at radius 2 is 2.15 bits per heavy atom. The number of nitrogens with one attached hydrogen (secondary N) is 1. The monoisotopic (exact) mass is 289 g/mol. The summed E-state index contributed by atoms with van der Waals surface area (Å²) in [5, 5.41) is 6.25. The molecule has 0 unspecified atom stereocenters. The number of hydrogen-bond acceptors (Lipinski definition) is 2. The van der Waals surface area contributed by atoms with Crippen molar-refractivity contribution in [3.63, 3.8) is 0 Å². The molecule has 1 aromatic rings. The number of aromatic nitrogens is 2. The van der Waals surface area contributed by atoms with E-state index in [1.807, 2.05) is 0 Å². The van der Waals surface area contributed by atoms with E-state index in [0.717, 1.165) is 30.0 Å². The lowest BCUT2D eigenvalue weighted by Gasteiger charge is -2.29. The zero-order chi connectivity index (χ0) is 14.8. The molecule has 2 rings (SSSR count). The topological polar surface area (TPSA) is 46.9 Å². The predicted octanol–water partition coefficient (Wildman–Crippen LogP) is 2.60. The molecule has 1 N–H and O–H groups in total. The number of alkyl halides is 3. The van der Waals surface area contributed by atoms with E-state index in [1.165, 1.54) is 12.6 Å². The second kappa shape index (κ2) is 5.85. The summed E-state index contributed by atoms with van der Waals surface area (Å²) in [5.41, 5.74) is -0.976. The standard InChI is InChI=1S/C13H18F3N3O/c1-9-4-2-3-5-10(9)17-12(20)8-19-7-6-11(18-19)13(14,15)16/h6-7,9-10H,2-5,8H2,1H3,(H,17,20)/t9-,10+/m1/s1. The molecular formula is C13H18F3N3O. The fraction of sp³-hybridized carbons (Fsp3) is 0.692. The van der Waals surface area contributed by atoms with Crippen LogP contribution in [0.1, 0.15) is 38.3 Å². The summed E-state index contributed by atoms with van der Waals surface area (Å²) in [6, 6.07) is 0.991. The van der Waals surface area contributed by atoms with E-state index >= 15 is 0 Å². The molecule has 1 fully saturated rings. The molecule has 1 saturated carbocycles. The number of carbonyl (C=O) groups is 1. The first-order chi connectivity index (χ1) is 9.36. The SMILES string of the molecule is C[C@@H]1CCCC[C@@H]1NC(=O)Cn1ccc(C(F)(F)F)n1. The highest BCUT2D eigenvalue weighted by Gasteiger charge is 2.33. The summed E-state index contributed by atoms with van der Waals surface area (Å²) in [5.74, 6) is 0.122. The van der Waals surface area contributed by atoms with Gasteiger partial charge in [-0.3, -0.25) is 9.48 Å². The molecule has 0 saturated heterocycles. The van der Waals surface area contributed by atoms with Gasteiger partial charge in [-0.1, -0.05) is 19.8 Å². The first kappa shape index (κ1) is 14.9. The lowest BCUT2D eigenvalue weighted by atomic mass is 9.86. The average molecular weight is 289 g/mol. The molecule has 1 aliphatic rings. The molecule has 1 aromatic heterocycles. The van der Waals surface area contributed by atoms with Crippen molar-refractivity contribution in [3.05, 3.63) is 18.0 Å². The van der Waals surface area contributed by atoms with Gasteiger partial charge in [-0.15, -0.1) is 0 Å². The van der Waals surface area contributed by atoms with Crippen molar-refractivity contribution in [2.45, 2.75) is 51.4 Å². The maximum Gasteiger partial charge on any atom is 0.435 e. The lowest BCUT2D eigenvalue weighted by Crippen LogP contribution is -2.42. The Hall–Kier alpha value is -1.53. The molecule has 2 atom stereocenters. The van der Waals surface area contributed by atoms with Crippen LogP contribution in [0.5, 0.6) is 0 Å². The quantitative estimate of drug-likeness (QED) is 0.929. The molecule has 7 heteroatoms. The molecule has 0 aromatic carbocycles. The smallest absolute Gasteiger partial charge is 0.351 e. The van der Waals surface area contributed by atoms with Crippen LogP contribution < -0.4 is 5.32 Å². The minimum atomic E-state index is -4.47. The molecule has 0 bridgehead atoms. The minimum Gasteiger partial charge on any atom is -0.351 e. The highest BCUT2D eigenvalue weighted by molar-refractivity contribution is 5.76. The molecule has 1 aliphatic carbocycles. The first-order valence-corrected chi connectivity index (χ1v) is 6.76. The van der Waals surface area contributed by atoms with E-state index in [1.54, 1.807) is 0 Å². The van der Waals surface area contributed by atoms with E-state index in [0.29, 0.717) is 5.92 Å². The fourth-order valence-electron chi connectivity index (χ4n) is 2.53. The summed E-state index contributed by atoms with van der Waals surface area (Å²) in [4.78, 5) is 11.8. The van der Waals surface area contributed by atoms with Gasteiger partial charge in [-0.2, -0.15) is 18.3 Å². The van der Waals surface area contributed by atoms with Crippen molar-refractivity contribution >= 4 is 5.91 Å². The van der Waals surface area contributed by atoms with Crippen LogP contribution in [0.2, 0.25) is 0 Å². The normalized spacial score (nSPS) is 23.6. The summed E-state index contributed by atoms with van der Waals surface area (Å²) < 4.78 is 38.2. The van der Waals surface area contributed by atoms with Crippen LogP contribution in [0.25, 0.3) is 0 Å². The number of nitrogens with zero attached hydrogens (tertiary/aromatic N) is 2. The van der Waals surface area contributed by atoms with Gasteiger partial charge in [-0.25, -0.2) is 0 Å². The predicted molar refractivity (Wildman–Crippen MR) is 66.8 cm³/mol. The number of rotatable bonds is 3. The third kappa shape index (κ3) is 3.74. The number of halogens is 3. The molecule has 0 spiro atoms. The van der Waals surface area contributed by atoms with Gasteiger partial charge in [0, 0.05) is 12.2 Å². The Labute approximate surface area is 115 Å². The lowest BCUT2D eigenvalue weighted by molar-refractivity contribution is -0.141. The molecule has 0 radical (unpaired) electrons. The van der Waals surface area contributed by atoms with Crippen LogP contribution in [0.3, 0.4) is 0 Å². The zero-order valence-corrected chi connectivity index (χ0v) is 11.3. The third-order valence-electron chi connectivity index (χ3n) is 3.69. The van der Waals surface area contributed by atoms with E-state index in [2.05, 4.69) is 17.3 Å². The average Bonchev–Trinajstić information content (AvgIpc) is 2.80. The second-order valence-corrected chi connectivity index (χ2v) is 5.33. The Balaban J connectivity index is 1.89. The zero-order valence-electron chi connectivity index (χ0n) is 11.3. The van der Waals surface area contributed by atoms with Crippen LogP contribution in [0.4, 0.5) is 13.2 Å². The van der Waals surface area contributed by atoms with E-state index < -0.39 is 11.9 Å². The number of carbonyl (C=O) groups excluding carboxylic acids is 1. The van der Waals surface area contributed by atoms with Gasteiger partial charge in [0.05, 0.1) is 0 Å². The Morgan fingerprint density at radius 3 is 2.75 bits per heavy atom. The summed E-state index contributed by atoms with van der Waals surface area (Å²) >= 11 is 0.